The Hall–Kier alpha value is -1.55. The smallest absolute Gasteiger partial charge is 0.241 e. The fraction of sp³-hybridized carbons (Fsp3) is 0.533. The average Bonchev–Trinajstić information content (AvgIpc) is 2.43. The maximum atomic E-state index is 11.8. The summed E-state index contributed by atoms with van der Waals surface area (Å²) in [4.78, 5) is 11.8. The molecule has 0 aliphatic rings. The van der Waals surface area contributed by atoms with Crippen LogP contribution in [0.4, 0.5) is 5.69 Å². The summed E-state index contributed by atoms with van der Waals surface area (Å²) in [6.45, 7) is 4.85. The van der Waals surface area contributed by atoms with Crippen molar-refractivity contribution < 1.29 is 9.53 Å². The number of hydrogen-bond acceptors (Lipinski definition) is 3. The molecular weight excluding hydrogens is 240 g/mol. The highest BCUT2D eigenvalue weighted by atomic mass is 16.5. The van der Waals surface area contributed by atoms with Gasteiger partial charge in [0.1, 0.15) is 5.75 Å². The van der Waals surface area contributed by atoms with Crippen LogP contribution < -0.4 is 15.8 Å². The number of nitrogens with two attached hydrogens (primary N) is 1. The number of carbonyl (C=O) groups excluding carboxylic acids is 1. The van der Waals surface area contributed by atoms with Crippen molar-refractivity contribution in [2.75, 3.05) is 11.9 Å². The van der Waals surface area contributed by atoms with Gasteiger partial charge in [-0.2, -0.15) is 0 Å². The SMILES string of the molecule is CCCC[C@H](N)C(=O)Nc1ccc(OCCC)cc1. The number of hydrogen-bond donors (Lipinski definition) is 2. The third-order valence-electron chi connectivity index (χ3n) is 2.80. The zero-order valence-corrected chi connectivity index (χ0v) is 11.8. The van der Waals surface area contributed by atoms with Crippen LogP contribution in [0.5, 0.6) is 5.75 Å². The lowest BCUT2D eigenvalue weighted by molar-refractivity contribution is -0.117. The summed E-state index contributed by atoms with van der Waals surface area (Å²) >= 11 is 0. The quantitative estimate of drug-likeness (QED) is 0.758. The van der Waals surface area contributed by atoms with E-state index >= 15 is 0 Å². The lowest BCUT2D eigenvalue weighted by Crippen LogP contribution is -2.35. The molecule has 0 fully saturated rings. The summed E-state index contributed by atoms with van der Waals surface area (Å²) in [7, 11) is 0. The molecular formula is C15H24N2O2. The van der Waals surface area contributed by atoms with Crippen LogP contribution in [0.2, 0.25) is 0 Å². The van der Waals surface area contributed by atoms with Crippen molar-refractivity contribution in [1.29, 1.82) is 0 Å². The largest absolute Gasteiger partial charge is 0.494 e. The van der Waals surface area contributed by atoms with Gasteiger partial charge in [-0.15, -0.1) is 0 Å². The zero-order chi connectivity index (χ0) is 14.1. The second-order valence-electron chi connectivity index (χ2n) is 4.61. The van der Waals surface area contributed by atoms with Crippen LogP contribution in [0.25, 0.3) is 0 Å². The monoisotopic (exact) mass is 264 g/mol. The van der Waals surface area contributed by atoms with E-state index in [9.17, 15) is 4.79 Å². The summed E-state index contributed by atoms with van der Waals surface area (Å²) < 4.78 is 5.48. The molecule has 0 unspecified atom stereocenters. The molecule has 0 bridgehead atoms. The van der Waals surface area contributed by atoms with E-state index in [1.54, 1.807) is 0 Å². The van der Waals surface area contributed by atoms with Crippen molar-refractivity contribution in [3.05, 3.63) is 24.3 Å². The van der Waals surface area contributed by atoms with Gasteiger partial charge in [0, 0.05) is 5.69 Å². The summed E-state index contributed by atoms with van der Waals surface area (Å²) in [6, 6.07) is 6.92. The van der Waals surface area contributed by atoms with Crippen LogP contribution >= 0.6 is 0 Å². The minimum absolute atomic E-state index is 0.129. The van der Waals surface area contributed by atoms with Gasteiger partial charge in [-0.05, 0) is 37.1 Å². The van der Waals surface area contributed by atoms with E-state index in [1.807, 2.05) is 24.3 Å². The molecule has 0 heterocycles. The Morgan fingerprint density at radius 3 is 2.53 bits per heavy atom. The first-order chi connectivity index (χ1) is 9.17. The average molecular weight is 264 g/mol. The molecule has 0 aliphatic heterocycles. The van der Waals surface area contributed by atoms with Crippen LogP contribution in [-0.4, -0.2) is 18.6 Å². The van der Waals surface area contributed by atoms with E-state index in [4.69, 9.17) is 10.5 Å². The second kappa shape index (κ2) is 8.53. The first-order valence-corrected chi connectivity index (χ1v) is 6.96. The van der Waals surface area contributed by atoms with Gasteiger partial charge in [0.2, 0.25) is 5.91 Å². The molecule has 0 aliphatic carbocycles. The van der Waals surface area contributed by atoms with E-state index in [-0.39, 0.29) is 5.91 Å². The summed E-state index contributed by atoms with van der Waals surface area (Å²) in [5.74, 6) is 0.686. The maximum Gasteiger partial charge on any atom is 0.241 e. The Morgan fingerprint density at radius 1 is 1.26 bits per heavy atom. The number of ether oxygens (including phenoxy) is 1. The molecule has 1 atom stereocenters. The first kappa shape index (κ1) is 15.5. The molecule has 0 aromatic heterocycles. The van der Waals surface area contributed by atoms with E-state index in [2.05, 4.69) is 19.2 Å². The molecule has 0 saturated carbocycles. The van der Waals surface area contributed by atoms with Crippen LogP contribution in [0.15, 0.2) is 24.3 Å². The number of benzene rings is 1. The highest BCUT2D eigenvalue weighted by Gasteiger charge is 2.12. The third-order valence-corrected chi connectivity index (χ3v) is 2.80. The molecule has 19 heavy (non-hydrogen) atoms. The Labute approximate surface area is 115 Å². The number of anilines is 1. The van der Waals surface area contributed by atoms with E-state index in [1.165, 1.54) is 0 Å². The Kier molecular flexibility index (Phi) is 6.97. The van der Waals surface area contributed by atoms with Gasteiger partial charge < -0.3 is 15.8 Å². The molecule has 0 spiro atoms. The molecule has 4 nitrogen and oxygen atoms in total. The van der Waals surface area contributed by atoms with Crippen LogP contribution in [0, 0.1) is 0 Å². The third kappa shape index (κ3) is 5.75. The number of amides is 1. The van der Waals surface area contributed by atoms with Crippen molar-refractivity contribution in [3.63, 3.8) is 0 Å². The number of rotatable bonds is 8. The van der Waals surface area contributed by atoms with Crippen molar-refractivity contribution in [2.24, 2.45) is 5.73 Å². The molecule has 3 N–H and O–H groups in total. The minimum atomic E-state index is -0.434. The number of unbranched alkanes of at least 4 members (excludes halogenated alkanes) is 1. The molecule has 4 heteroatoms. The van der Waals surface area contributed by atoms with Crippen molar-refractivity contribution in [3.8, 4) is 5.75 Å². The predicted octanol–water partition coefficient (Wildman–Crippen LogP) is 2.93. The van der Waals surface area contributed by atoms with Gasteiger partial charge >= 0.3 is 0 Å². The molecule has 0 radical (unpaired) electrons. The highest BCUT2D eigenvalue weighted by molar-refractivity contribution is 5.94. The fourth-order valence-electron chi connectivity index (χ4n) is 1.64. The molecule has 1 aromatic rings. The van der Waals surface area contributed by atoms with E-state index in [0.29, 0.717) is 6.61 Å². The van der Waals surface area contributed by atoms with Crippen molar-refractivity contribution >= 4 is 11.6 Å². The Bertz CT molecular complexity index is 376. The van der Waals surface area contributed by atoms with Crippen molar-refractivity contribution in [1.82, 2.24) is 0 Å². The summed E-state index contributed by atoms with van der Waals surface area (Å²) in [6.07, 6.45) is 3.72. The summed E-state index contributed by atoms with van der Waals surface area (Å²) in [5.41, 5.74) is 6.56. The second-order valence-corrected chi connectivity index (χ2v) is 4.61. The van der Waals surface area contributed by atoms with Crippen molar-refractivity contribution in [2.45, 2.75) is 45.6 Å². The molecule has 0 saturated heterocycles. The molecule has 1 rings (SSSR count). The molecule has 1 aromatic carbocycles. The van der Waals surface area contributed by atoms with Crippen LogP contribution in [0.1, 0.15) is 39.5 Å². The standard InChI is InChI=1S/C15H24N2O2/c1-3-5-6-14(16)15(18)17-12-7-9-13(10-8-12)19-11-4-2/h7-10,14H,3-6,11,16H2,1-2H3,(H,17,18)/t14-/m0/s1. The Balaban J connectivity index is 2.45. The molecule has 1 amide bonds. The topological polar surface area (TPSA) is 64.4 Å². The zero-order valence-electron chi connectivity index (χ0n) is 11.8. The first-order valence-electron chi connectivity index (χ1n) is 6.96. The number of carbonyl (C=O) groups is 1. The van der Waals surface area contributed by atoms with Crippen LogP contribution in [0.3, 0.4) is 0 Å². The highest BCUT2D eigenvalue weighted by Crippen LogP contribution is 2.16. The van der Waals surface area contributed by atoms with E-state index < -0.39 is 6.04 Å². The lowest BCUT2D eigenvalue weighted by atomic mass is 10.1. The normalized spacial score (nSPS) is 11.9. The predicted molar refractivity (Wildman–Crippen MR) is 78.4 cm³/mol. The fourth-order valence-corrected chi connectivity index (χ4v) is 1.64. The van der Waals surface area contributed by atoms with Gasteiger partial charge in [-0.3, -0.25) is 4.79 Å². The Morgan fingerprint density at radius 2 is 1.95 bits per heavy atom. The molecule has 106 valence electrons. The van der Waals surface area contributed by atoms with Crippen LogP contribution in [-0.2, 0) is 4.79 Å². The number of nitrogens with one attached hydrogen (secondary N) is 1. The van der Waals surface area contributed by atoms with E-state index in [0.717, 1.165) is 37.1 Å². The minimum Gasteiger partial charge on any atom is -0.494 e. The van der Waals surface area contributed by atoms with Gasteiger partial charge in [-0.25, -0.2) is 0 Å². The van der Waals surface area contributed by atoms with Gasteiger partial charge in [0.25, 0.3) is 0 Å². The lowest BCUT2D eigenvalue weighted by Gasteiger charge is -2.12. The van der Waals surface area contributed by atoms with Gasteiger partial charge in [0.05, 0.1) is 12.6 Å². The maximum absolute atomic E-state index is 11.8. The summed E-state index contributed by atoms with van der Waals surface area (Å²) in [5, 5.41) is 2.81. The van der Waals surface area contributed by atoms with Gasteiger partial charge in [0.15, 0.2) is 0 Å². The van der Waals surface area contributed by atoms with Gasteiger partial charge in [-0.1, -0.05) is 26.7 Å².